The van der Waals surface area contributed by atoms with E-state index in [0.717, 1.165) is 43.2 Å². The number of hydrogen-bond acceptors (Lipinski definition) is 4. The van der Waals surface area contributed by atoms with E-state index in [1.807, 2.05) is 12.1 Å². The van der Waals surface area contributed by atoms with Gasteiger partial charge in [0.25, 0.3) is 0 Å². The molecule has 0 aromatic heterocycles. The number of nitrogens with zero attached hydrogens (tertiary/aromatic N) is 1. The number of nitrogens with two attached hydrogens (primary N) is 1. The van der Waals surface area contributed by atoms with Crippen molar-refractivity contribution in [3.8, 4) is 5.75 Å². The number of fused-ring (bicyclic) bond motifs is 1. The molecule has 20 heavy (non-hydrogen) atoms. The van der Waals surface area contributed by atoms with E-state index in [2.05, 4.69) is 24.1 Å². The maximum absolute atomic E-state index is 6.07. The molecular weight excluding hydrogens is 250 g/mol. The van der Waals surface area contributed by atoms with Crippen LogP contribution >= 0.6 is 0 Å². The molecule has 0 bridgehead atoms. The van der Waals surface area contributed by atoms with E-state index < -0.39 is 0 Å². The molecule has 1 aliphatic heterocycles. The van der Waals surface area contributed by atoms with Crippen LogP contribution in [-0.4, -0.2) is 37.7 Å². The van der Waals surface area contributed by atoms with Crippen molar-refractivity contribution in [2.75, 3.05) is 37.8 Å². The molecule has 1 unspecified atom stereocenters. The first kappa shape index (κ1) is 15.0. The molecule has 0 amide bonds. The molecule has 1 aliphatic rings. The predicted molar refractivity (Wildman–Crippen MR) is 85.5 cm³/mol. The molecule has 112 valence electrons. The van der Waals surface area contributed by atoms with Crippen molar-refractivity contribution in [2.45, 2.75) is 39.2 Å². The van der Waals surface area contributed by atoms with Gasteiger partial charge in [-0.25, -0.2) is 0 Å². The molecule has 2 rings (SSSR count). The van der Waals surface area contributed by atoms with Crippen LogP contribution in [0, 0.1) is 0 Å². The summed E-state index contributed by atoms with van der Waals surface area (Å²) in [6.07, 6.45) is 3.39. The number of methoxy groups -OCH3 is 1. The number of anilines is 2. The highest BCUT2D eigenvalue weighted by atomic mass is 16.5. The van der Waals surface area contributed by atoms with Crippen molar-refractivity contribution >= 4 is 11.4 Å². The van der Waals surface area contributed by atoms with E-state index >= 15 is 0 Å². The minimum absolute atomic E-state index is 0.526. The highest BCUT2D eigenvalue weighted by Crippen LogP contribution is 2.36. The Morgan fingerprint density at radius 2 is 2.00 bits per heavy atom. The lowest BCUT2D eigenvalue weighted by molar-refractivity contribution is 0.199. The van der Waals surface area contributed by atoms with E-state index in [1.54, 1.807) is 7.11 Å². The summed E-state index contributed by atoms with van der Waals surface area (Å²) in [7, 11) is 1.73. The van der Waals surface area contributed by atoms with Crippen molar-refractivity contribution in [1.82, 2.24) is 4.90 Å². The summed E-state index contributed by atoms with van der Waals surface area (Å²) < 4.78 is 5.50. The summed E-state index contributed by atoms with van der Waals surface area (Å²) in [6.45, 7) is 7.75. The predicted octanol–water partition coefficient (Wildman–Crippen LogP) is 2.74. The zero-order chi connectivity index (χ0) is 14.5. The third kappa shape index (κ3) is 3.01. The number of nitrogens with one attached hydrogen (secondary N) is 1. The number of rotatable bonds is 6. The average Bonchev–Trinajstić information content (AvgIpc) is 2.47. The van der Waals surface area contributed by atoms with Crippen LogP contribution in [0.25, 0.3) is 0 Å². The zero-order valence-electron chi connectivity index (χ0n) is 12.9. The Bertz CT molecular complexity index is 442. The van der Waals surface area contributed by atoms with Gasteiger partial charge in [0.1, 0.15) is 5.75 Å². The Hall–Kier alpha value is -1.42. The largest absolute Gasteiger partial charge is 0.496 e. The van der Waals surface area contributed by atoms with E-state index in [1.165, 1.54) is 18.4 Å². The molecule has 0 saturated heterocycles. The number of nitrogen functional groups attached to an aromatic ring is 1. The third-order valence-electron chi connectivity index (χ3n) is 4.01. The van der Waals surface area contributed by atoms with Gasteiger partial charge in [-0.1, -0.05) is 13.8 Å². The molecule has 0 saturated carbocycles. The molecule has 1 atom stereocenters. The molecular formula is C16H27N3O. The van der Waals surface area contributed by atoms with Crippen LogP contribution in [0.5, 0.6) is 5.75 Å². The number of ether oxygens (including phenoxy) is 1. The molecule has 1 heterocycles. The molecule has 0 fully saturated rings. The molecule has 4 nitrogen and oxygen atoms in total. The van der Waals surface area contributed by atoms with Gasteiger partial charge in [-0.2, -0.15) is 0 Å². The van der Waals surface area contributed by atoms with Gasteiger partial charge in [0.05, 0.1) is 18.5 Å². The van der Waals surface area contributed by atoms with Crippen LogP contribution in [0.15, 0.2) is 12.1 Å². The van der Waals surface area contributed by atoms with Crippen LogP contribution in [0.3, 0.4) is 0 Å². The van der Waals surface area contributed by atoms with Gasteiger partial charge in [0, 0.05) is 18.2 Å². The standard InChI is InChI=1S/C16H27N3O/c1-4-8-19(9-5-2)12-10-13-15(20-3)7-6-14(17)16(13)18-11-12/h6-7,12,18H,4-5,8-11,17H2,1-3H3. The fourth-order valence-electron chi connectivity index (χ4n) is 3.09. The first-order chi connectivity index (χ1) is 9.71. The highest BCUT2D eigenvalue weighted by molar-refractivity contribution is 5.74. The second kappa shape index (κ2) is 6.84. The zero-order valence-corrected chi connectivity index (χ0v) is 12.9. The van der Waals surface area contributed by atoms with Crippen molar-refractivity contribution in [3.05, 3.63) is 17.7 Å². The van der Waals surface area contributed by atoms with Crippen molar-refractivity contribution < 1.29 is 4.74 Å². The normalized spacial score (nSPS) is 17.7. The summed E-state index contributed by atoms with van der Waals surface area (Å²) in [4.78, 5) is 2.58. The smallest absolute Gasteiger partial charge is 0.124 e. The summed E-state index contributed by atoms with van der Waals surface area (Å²) in [6, 6.07) is 4.42. The average molecular weight is 277 g/mol. The Balaban J connectivity index is 2.22. The molecule has 3 N–H and O–H groups in total. The molecule has 1 aromatic rings. The fraction of sp³-hybridized carbons (Fsp3) is 0.625. The van der Waals surface area contributed by atoms with Crippen molar-refractivity contribution in [2.24, 2.45) is 0 Å². The van der Waals surface area contributed by atoms with E-state index in [-0.39, 0.29) is 0 Å². The van der Waals surface area contributed by atoms with Gasteiger partial charge in [-0.3, -0.25) is 4.90 Å². The van der Waals surface area contributed by atoms with Crippen LogP contribution in [-0.2, 0) is 6.42 Å². The molecule has 0 aliphatic carbocycles. The first-order valence-corrected chi connectivity index (χ1v) is 7.64. The molecule has 4 heteroatoms. The van der Waals surface area contributed by atoms with E-state index in [0.29, 0.717) is 6.04 Å². The van der Waals surface area contributed by atoms with Gasteiger partial charge in [-0.15, -0.1) is 0 Å². The summed E-state index contributed by atoms with van der Waals surface area (Å²) >= 11 is 0. The Kier molecular flexibility index (Phi) is 5.12. The van der Waals surface area contributed by atoms with Gasteiger partial charge >= 0.3 is 0 Å². The van der Waals surface area contributed by atoms with Gasteiger partial charge in [0.2, 0.25) is 0 Å². The lowest BCUT2D eigenvalue weighted by Gasteiger charge is -2.36. The highest BCUT2D eigenvalue weighted by Gasteiger charge is 2.26. The van der Waals surface area contributed by atoms with Crippen molar-refractivity contribution in [3.63, 3.8) is 0 Å². The Morgan fingerprint density at radius 3 is 2.60 bits per heavy atom. The Labute approximate surface area is 122 Å². The molecule has 0 radical (unpaired) electrons. The third-order valence-corrected chi connectivity index (χ3v) is 4.01. The van der Waals surface area contributed by atoms with Crippen LogP contribution in [0.4, 0.5) is 11.4 Å². The second-order valence-corrected chi connectivity index (χ2v) is 5.49. The maximum Gasteiger partial charge on any atom is 0.124 e. The number of hydrogen-bond donors (Lipinski definition) is 2. The van der Waals surface area contributed by atoms with Gasteiger partial charge < -0.3 is 15.8 Å². The molecule has 1 aromatic carbocycles. The summed E-state index contributed by atoms with van der Waals surface area (Å²) in [5.41, 5.74) is 9.18. The summed E-state index contributed by atoms with van der Waals surface area (Å²) in [5, 5.41) is 3.51. The van der Waals surface area contributed by atoms with Gasteiger partial charge in [0.15, 0.2) is 0 Å². The van der Waals surface area contributed by atoms with Crippen LogP contribution in [0.1, 0.15) is 32.3 Å². The van der Waals surface area contributed by atoms with Crippen LogP contribution in [0.2, 0.25) is 0 Å². The second-order valence-electron chi connectivity index (χ2n) is 5.49. The Morgan fingerprint density at radius 1 is 1.30 bits per heavy atom. The van der Waals surface area contributed by atoms with E-state index in [4.69, 9.17) is 10.5 Å². The lowest BCUT2D eigenvalue weighted by Crippen LogP contribution is -2.45. The quantitative estimate of drug-likeness (QED) is 0.785. The number of benzene rings is 1. The minimum Gasteiger partial charge on any atom is -0.496 e. The summed E-state index contributed by atoms with van der Waals surface area (Å²) in [5.74, 6) is 0.944. The maximum atomic E-state index is 6.07. The molecule has 0 spiro atoms. The topological polar surface area (TPSA) is 50.5 Å². The fourth-order valence-corrected chi connectivity index (χ4v) is 3.09. The first-order valence-electron chi connectivity index (χ1n) is 7.64. The SMILES string of the molecule is CCCN(CCC)C1CNc2c(N)ccc(OC)c2C1. The lowest BCUT2D eigenvalue weighted by atomic mass is 9.96. The van der Waals surface area contributed by atoms with Gasteiger partial charge in [-0.05, 0) is 44.5 Å². The monoisotopic (exact) mass is 277 g/mol. The van der Waals surface area contributed by atoms with Crippen LogP contribution < -0.4 is 15.8 Å². The van der Waals surface area contributed by atoms with Crippen molar-refractivity contribution in [1.29, 1.82) is 0 Å². The minimum atomic E-state index is 0.526. The van der Waals surface area contributed by atoms with E-state index in [9.17, 15) is 0 Å².